The molecule has 0 unspecified atom stereocenters. The summed E-state index contributed by atoms with van der Waals surface area (Å²) in [6.07, 6.45) is 0.584. The SMILES string of the molecule is CC(=O)Nc1cc(OC(=O)NC(C)(C)C)ncn1. The molecule has 0 bridgehead atoms. The van der Waals surface area contributed by atoms with E-state index in [4.69, 9.17) is 4.74 Å². The number of rotatable bonds is 2. The number of ether oxygens (including phenoxy) is 1. The van der Waals surface area contributed by atoms with Gasteiger partial charge in [0.05, 0.1) is 0 Å². The maximum absolute atomic E-state index is 11.5. The maximum Gasteiger partial charge on any atom is 0.414 e. The van der Waals surface area contributed by atoms with E-state index in [2.05, 4.69) is 20.6 Å². The highest BCUT2D eigenvalue weighted by Crippen LogP contribution is 2.11. The Bertz CT molecular complexity index is 454. The van der Waals surface area contributed by atoms with Crippen LogP contribution in [0.15, 0.2) is 12.4 Å². The highest BCUT2D eigenvalue weighted by atomic mass is 16.6. The van der Waals surface area contributed by atoms with Crippen molar-refractivity contribution in [3.8, 4) is 5.88 Å². The Labute approximate surface area is 105 Å². The number of nitrogens with one attached hydrogen (secondary N) is 2. The van der Waals surface area contributed by atoms with Crippen LogP contribution in [0.4, 0.5) is 10.6 Å². The number of aromatic nitrogens is 2. The third-order valence-corrected chi connectivity index (χ3v) is 1.62. The van der Waals surface area contributed by atoms with Gasteiger partial charge < -0.3 is 15.4 Å². The summed E-state index contributed by atoms with van der Waals surface area (Å²) in [6, 6.07) is 1.36. The van der Waals surface area contributed by atoms with E-state index in [1.165, 1.54) is 19.3 Å². The van der Waals surface area contributed by atoms with Crippen molar-refractivity contribution < 1.29 is 14.3 Å². The molecule has 98 valence electrons. The van der Waals surface area contributed by atoms with E-state index in [9.17, 15) is 9.59 Å². The van der Waals surface area contributed by atoms with E-state index in [0.717, 1.165) is 0 Å². The van der Waals surface area contributed by atoms with Crippen LogP contribution < -0.4 is 15.4 Å². The zero-order valence-corrected chi connectivity index (χ0v) is 10.8. The number of anilines is 1. The predicted molar refractivity (Wildman–Crippen MR) is 65.2 cm³/mol. The fourth-order valence-corrected chi connectivity index (χ4v) is 1.07. The monoisotopic (exact) mass is 252 g/mol. The standard InChI is InChI=1S/C11H16N4O3/c1-7(16)14-8-5-9(13-6-12-8)18-10(17)15-11(2,3)4/h5-6H,1-4H3,(H,15,17)(H,12,13,14,16). The van der Waals surface area contributed by atoms with Crippen molar-refractivity contribution in [3.63, 3.8) is 0 Å². The van der Waals surface area contributed by atoms with Gasteiger partial charge in [0, 0.05) is 18.5 Å². The Hall–Kier alpha value is -2.18. The summed E-state index contributed by atoms with van der Waals surface area (Å²) in [6.45, 7) is 6.85. The van der Waals surface area contributed by atoms with Crippen molar-refractivity contribution in [2.24, 2.45) is 0 Å². The van der Waals surface area contributed by atoms with Crippen LogP contribution in [0.1, 0.15) is 27.7 Å². The van der Waals surface area contributed by atoms with E-state index in [1.807, 2.05) is 20.8 Å². The van der Waals surface area contributed by atoms with Crippen LogP contribution in [0.2, 0.25) is 0 Å². The van der Waals surface area contributed by atoms with Crippen LogP contribution in [0, 0.1) is 0 Å². The summed E-state index contributed by atoms with van der Waals surface area (Å²) in [4.78, 5) is 29.9. The lowest BCUT2D eigenvalue weighted by atomic mass is 10.1. The van der Waals surface area contributed by atoms with Gasteiger partial charge >= 0.3 is 6.09 Å². The molecule has 2 amide bonds. The lowest BCUT2D eigenvalue weighted by molar-refractivity contribution is -0.114. The highest BCUT2D eigenvalue weighted by Gasteiger charge is 2.15. The summed E-state index contributed by atoms with van der Waals surface area (Å²) < 4.78 is 4.96. The van der Waals surface area contributed by atoms with Gasteiger partial charge in [0.25, 0.3) is 0 Å². The first-order chi connectivity index (χ1) is 8.26. The molecule has 0 aliphatic carbocycles. The van der Waals surface area contributed by atoms with Crippen molar-refractivity contribution in [3.05, 3.63) is 12.4 Å². The molecule has 0 radical (unpaired) electrons. The second-order valence-corrected chi connectivity index (χ2v) is 4.69. The minimum atomic E-state index is -0.616. The van der Waals surface area contributed by atoms with Gasteiger partial charge in [-0.25, -0.2) is 14.8 Å². The lowest BCUT2D eigenvalue weighted by Gasteiger charge is -2.19. The number of hydrogen-bond donors (Lipinski definition) is 2. The zero-order chi connectivity index (χ0) is 13.8. The van der Waals surface area contributed by atoms with Crippen LogP contribution in [-0.2, 0) is 4.79 Å². The minimum Gasteiger partial charge on any atom is -0.391 e. The number of carbonyl (C=O) groups excluding carboxylic acids is 2. The molecule has 1 aromatic heterocycles. The van der Waals surface area contributed by atoms with Crippen LogP contribution in [0.5, 0.6) is 5.88 Å². The smallest absolute Gasteiger partial charge is 0.391 e. The largest absolute Gasteiger partial charge is 0.414 e. The fourth-order valence-electron chi connectivity index (χ4n) is 1.07. The topological polar surface area (TPSA) is 93.2 Å². The van der Waals surface area contributed by atoms with Gasteiger partial charge in [-0.05, 0) is 20.8 Å². The molecule has 0 saturated heterocycles. The van der Waals surface area contributed by atoms with E-state index in [1.54, 1.807) is 0 Å². The number of hydrogen-bond acceptors (Lipinski definition) is 5. The average molecular weight is 252 g/mol. The number of amides is 2. The summed E-state index contributed by atoms with van der Waals surface area (Å²) in [7, 11) is 0. The summed E-state index contributed by atoms with van der Waals surface area (Å²) in [5.41, 5.74) is -0.398. The number of nitrogens with zero attached hydrogens (tertiary/aromatic N) is 2. The molecular weight excluding hydrogens is 236 g/mol. The van der Waals surface area contributed by atoms with Gasteiger partial charge in [-0.15, -0.1) is 0 Å². The molecule has 2 N–H and O–H groups in total. The Morgan fingerprint density at radius 1 is 1.28 bits per heavy atom. The first kappa shape index (κ1) is 13.9. The van der Waals surface area contributed by atoms with Crippen molar-refractivity contribution >= 4 is 17.8 Å². The Kier molecular flexibility index (Phi) is 4.19. The van der Waals surface area contributed by atoms with Crippen molar-refractivity contribution in [2.45, 2.75) is 33.2 Å². The van der Waals surface area contributed by atoms with Crippen molar-refractivity contribution in [1.29, 1.82) is 0 Å². The van der Waals surface area contributed by atoms with Gasteiger partial charge in [-0.2, -0.15) is 0 Å². The van der Waals surface area contributed by atoms with E-state index in [-0.39, 0.29) is 17.6 Å². The normalized spacial score (nSPS) is 10.7. The second-order valence-electron chi connectivity index (χ2n) is 4.69. The first-order valence-electron chi connectivity index (χ1n) is 5.36. The van der Waals surface area contributed by atoms with Gasteiger partial charge in [0.15, 0.2) is 0 Å². The van der Waals surface area contributed by atoms with Crippen LogP contribution in [0.25, 0.3) is 0 Å². The average Bonchev–Trinajstić information content (AvgIpc) is 2.13. The lowest BCUT2D eigenvalue weighted by Crippen LogP contribution is -2.42. The van der Waals surface area contributed by atoms with Gasteiger partial charge in [0.2, 0.25) is 11.8 Å². The quantitative estimate of drug-likeness (QED) is 0.828. The molecule has 1 aromatic rings. The molecule has 0 atom stereocenters. The molecule has 0 aliphatic rings. The molecule has 0 aliphatic heterocycles. The minimum absolute atomic E-state index is 0.0653. The number of carbonyl (C=O) groups is 2. The third kappa shape index (κ3) is 5.24. The van der Waals surface area contributed by atoms with E-state index in [0.29, 0.717) is 0 Å². The molecule has 18 heavy (non-hydrogen) atoms. The summed E-state index contributed by atoms with van der Waals surface area (Å²) >= 11 is 0. The van der Waals surface area contributed by atoms with Crippen LogP contribution >= 0.6 is 0 Å². The van der Waals surface area contributed by atoms with Gasteiger partial charge in [0.1, 0.15) is 12.1 Å². The molecule has 1 rings (SSSR count). The Morgan fingerprint density at radius 3 is 2.50 bits per heavy atom. The van der Waals surface area contributed by atoms with Crippen LogP contribution in [0.3, 0.4) is 0 Å². The Morgan fingerprint density at radius 2 is 1.94 bits per heavy atom. The molecule has 0 spiro atoms. The maximum atomic E-state index is 11.5. The van der Waals surface area contributed by atoms with Crippen LogP contribution in [-0.4, -0.2) is 27.5 Å². The van der Waals surface area contributed by atoms with Gasteiger partial charge in [-0.1, -0.05) is 0 Å². The van der Waals surface area contributed by atoms with E-state index < -0.39 is 11.6 Å². The Balaban J connectivity index is 2.67. The molecule has 0 aromatic carbocycles. The predicted octanol–water partition coefficient (Wildman–Crippen LogP) is 1.32. The fraction of sp³-hybridized carbons (Fsp3) is 0.455. The molecule has 1 heterocycles. The summed E-state index contributed by atoms with van der Waals surface area (Å²) in [5, 5.41) is 5.08. The molecular formula is C11H16N4O3. The third-order valence-electron chi connectivity index (χ3n) is 1.62. The molecule has 0 saturated carbocycles. The molecule has 0 fully saturated rings. The zero-order valence-electron chi connectivity index (χ0n) is 10.8. The first-order valence-corrected chi connectivity index (χ1v) is 5.36. The molecule has 7 heteroatoms. The second kappa shape index (κ2) is 5.44. The van der Waals surface area contributed by atoms with Crippen molar-refractivity contribution in [1.82, 2.24) is 15.3 Å². The van der Waals surface area contributed by atoms with E-state index >= 15 is 0 Å². The highest BCUT2D eigenvalue weighted by molar-refractivity contribution is 5.87. The van der Waals surface area contributed by atoms with Crippen molar-refractivity contribution in [2.75, 3.05) is 5.32 Å². The molecule has 7 nitrogen and oxygen atoms in total. The van der Waals surface area contributed by atoms with Gasteiger partial charge in [-0.3, -0.25) is 4.79 Å². The summed E-state index contributed by atoms with van der Waals surface area (Å²) in [5.74, 6) is 0.0744.